The van der Waals surface area contributed by atoms with Gasteiger partial charge in [-0.15, -0.1) is 0 Å². The van der Waals surface area contributed by atoms with Crippen molar-refractivity contribution in [3.63, 3.8) is 0 Å². The fourth-order valence-corrected chi connectivity index (χ4v) is 0.940. The average Bonchev–Trinajstić information content (AvgIpc) is 1.82. The summed E-state index contributed by atoms with van der Waals surface area (Å²) in [6.45, 7) is 4.68. The number of hydrogen-bond acceptors (Lipinski definition) is 4. The van der Waals surface area contributed by atoms with E-state index >= 15 is 0 Å². The summed E-state index contributed by atoms with van der Waals surface area (Å²) < 4.78 is 26.2. The van der Waals surface area contributed by atoms with Gasteiger partial charge in [-0.05, 0) is 20.8 Å². The highest BCUT2D eigenvalue weighted by atomic mass is 32.2. The summed E-state index contributed by atoms with van der Waals surface area (Å²) in [5.41, 5.74) is 0. The van der Waals surface area contributed by atoms with E-state index in [0.29, 0.717) is 0 Å². The topological polar surface area (TPSA) is 89.6 Å². The van der Waals surface area contributed by atoms with Gasteiger partial charge in [-0.25, -0.2) is 13.6 Å². The van der Waals surface area contributed by atoms with Gasteiger partial charge in [0.15, 0.2) is 6.29 Å². The summed E-state index contributed by atoms with van der Waals surface area (Å²) in [7, 11) is -3.72. The van der Waals surface area contributed by atoms with E-state index in [1.54, 1.807) is 13.8 Å². The molecule has 12 heavy (non-hydrogen) atoms. The number of hydrogen-bond donors (Lipinski definition) is 2. The van der Waals surface area contributed by atoms with Crippen LogP contribution in [0, 0.1) is 0 Å². The third-order valence-corrected chi connectivity index (χ3v) is 2.60. The first-order chi connectivity index (χ1) is 5.25. The molecule has 0 saturated heterocycles. The van der Waals surface area contributed by atoms with Gasteiger partial charge in [0.25, 0.3) is 0 Å². The van der Waals surface area contributed by atoms with Gasteiger partial charge >= 0.3 is 0 Å². The maximum Gasteiger partial charge on any atom is 0.216 e. The van der Waals surface area contributed by atoms with E-state index in [2.05, 4.69) is 0 Å². The molecule has 0 fully saturated rings. The predicted octanol–water partition coefficient (Wildman–Crippen LogP) is -0.593. The zero-order valence-electron chi connectivity index (χ0n) is 7.39. The average molecular weight is 197 g/mol. The smallest absolute Gasteiger partial charge is 0.216 e. The van der Waals surface area contributed by atoms with Crippen LogP contribution >= 0.6 is 0 Å². The van der Waals surface area contributed by atoms with Crippen molar-refractivity contribution in [3.8, 4) is 0 Å². The monoisotopic (exact) mass is 197 g/mol. The Hall–Kier alpha value is -0.170. The van der Waals surface area contributed by atoms with Crippen LogP contribution in [0.3, 0.4) is 0 Å². The van der Waals surface area contributed by atoms with Crippen molar-refractivity contribution < 1.29 is 18.3 Å². The van der Waals surface area contributed by atoms with Crippen molar-refractivity contribution in [1.82, 2.24) is 0 Å². The summed E-state index contributed by atoms with van der Waals surface area (Å²) in [6, 6.07) is 0. The molecule has 0 amide bonds. The maximum atomic E-state index is 10.7. The van der Waals surface area contributed by atoms with Crippen LogP contribution in [0.4, 0.5) is 0 Å². The molecule has 0 bridgehead atoms. The third-order valence-electron chi connectivity index (χ3n) is 1.33. The second-order valence-electron chi connectivity index (χ2n) is 2.87. The van der Waals surface area contributed by atoms with Crippen molar-refractivity contribution in [2.24, 2.45) is 5.14 Å². The van der Waals surface area contributed by atoms with Crippen molar-refractivity contribution in [3.05, 3.63) is 0 Å². The van der Waals surface area contributed by atoms with Crippen molar-refractivity contribution >= 4 is 10.0 Å². The zero-order valence-corrected chi connectivity index (χ0v) is 8.21. The molecular formula is C6H15NO4S. The van der Waals surface area contributed by atoms with E-state index in [0.717, 1.165) is 0 Å². The molecule has 0 aromatic heterocycles. The van der Waals surface area contributed by atoms with Gasteiger partial charge in [0.05, 0.1) is 6.10 Å². The van der Waals surface area contributed by atoms with Crippen LogP contribution in [0.2, 0.25) is 0 Å². The molecule has 2 atom stereocenters. The molecule has 0 heterocycles. The number of nitrogens with two attached hydrogens (primary N) is 1. The second-order valence-corrected chi connectivity index (χ2v) is 4.79. The molecule has 0 aliphatic rings. The Balaban J connectivity index is 4.21. The molecule has 0 aliphatic heterocycles. The Morgan fingerprint density at radius 1 is 1.33 bits per heavy atom. The van der Waals surface area contributed by atoms with E-state index in [9.17, 15) is 8.42 Å². The predicted molar refractivity (Wildman–Crippen MR) is 44.8 cm³/mol. The lowest BCUT2D eigenvalue weighted by Gasteiger charge is -2.19. The molecule has 0 unspecified atom stereocenters. The van der Waals surface area contributed by atoms with Gasteiger partial charge in [0.1, 0.15) is 5.25 Å². The minimum absolute atomic E-state index is 0.232. The molecule has 0 radical (unpaired) electrons. The molecular weight excluding hydrogens is 182 g/mol. The minimum atomic E-state index is -3.72. The van der Waals surface area contributed by atoms with Gasteiger partial charge in [-0.3, -0.25) is 0 Å². The molecule has 0 aromatic rings. The first-order valence-corrected chi connectivity index (χ1v) is 5.21. The summed E-state index contributed by atoms with van der Waals surface area (Å²) in [4.78, 5) is 0. The van der Waals surface area contributed by atoms with Crippen LogP contribution in [-0.4, -0.2) is 31.2 Å². The van der Waals surface area contributed by atoms with Gasteiger partial charge in [0, 0.05) is 0 Å². The largest absolute Gasteiger partial charge is 0.367 e. The normalized spacial score (nSPS) is 17.8. The summed E-state index contributed by atoms with van der Waals surface area (Å²) >= 11 is 0. The minimum Gasteiger partial charge on any atom is -0.367 e. The number of rotatable bonds is 4. The van der Waals surface area contributed by atoms with Crippen molar-refractivity contribution in [2.45, 2.75) is 38.4 Å². The molecule has 0 rings (SSSR count). The van der Waals surface area contributed by atoms with Crippen molar-refractivity contribution in [2.75, 3.05) is 0 Å². The number of aliphatic hydroxyl groups excluding tert-OH is 1. The Morgan fingerprint density at radius 3 is 2.00 bits per heavy atom. The lowest BCUT2D eigenvalue weighted by molar-refractivity contribution is -0.123. The molecule has 0 saturated carbocycles. The quantitative estimate of drug-likeness (QED) is 0.589. The molecule has 5 nitrogen and oxygen atoms in total. The zero-order chi connectivity index (χ0) is 9.94. The van der Waals surface area contributed by atoms with E-state index in [1.165, 1.54) is 6.92 Å². The SMILES string of the molecule is CC(C)O[C@@H](O)[C@H](C)S(N)(=O)=O. The Kier molecular flexibility index (Phi) is 4.12. The highest BCUT2D eigenvalue weighted by Crippen LogP contribution is 2.05. The molecule has 0 aromatic carbocycles. The number of sulfonamides is 1. The fraction of sp³-hybridized carbons (Fsp3) is 1.00. The van der Waals surface area contributed by atoms with Crippen LogP contribution in [-0.2, 0) is 14.8 Å². The number of primary sulfonamides is 1. The Morgan fingerprint density at radius 2 is 1.75 bits per heavy atom. The first-order valence-electron chi connectivity index (χ1n) is 3.60. The van der Waals surface area contributed by atoms with E-state index < -0.39 is 21.6 Å². The van der Waals surface area contributed by atoms with Crippen LogP contribution in [0.5, 0.6) is 0 Å². The molecule has 74 valence electrons. The van der Waals surface area contributed by atoms with Crippen LogP contribution in [0.1, 0.15) is 20.8 Å². The van der Waals surface area contributed by atoms with Gasteiger partial charge < -0.3 is 9.84 Å². The van der Waals surface area contributed by atoms with Gasteiger partial charge in [-0.2, -0.15) is 0 Å². The highest BCUT2D eigenvalue weighted by Gasteiger charge is 2.25. The standard InChI is InChI=1S/C6H15NO4S/c1-4(2)11-6(8)5(3)12(7,9)10/h4-6,8H,1-3H3,(H2,7,9,10)/t5-,6+/m0/s1. The Labute approximate surface area is 72.6 Å². The van der Waals surface area contributed by atoms with Crippen LogP contribution in [0.25, 0.3) is 0 Å². The lowest BCUT2D eigenvalue weighted by Crippen LogP contribution is -2.38. The van der Waals surface area contributed by atoms with E-state index in [-0.39, 0.29) is 6.10 Å². The highest BCUT2D eigenvalue weighted by molar-refractivity contribution is 7.89. The molecule has 6 heteroatoms. The van der Waals surface area contributed by atoms with Crippen LogP contribution in [0.15, 0.2) is 0 Å². The molecule has 0 spiro atoms. The summed E-state index contributed by atoms with van der Waals surface area (Å²) in [6.07, 6.45) is -1.59. The number of aliphatic hydroxyl groups is 1. The summed E-state index contributed by atoms with van der Waals surface area (Å²) in [5, 5.41) is 12.8. The van der Waals surface area contributed by atoms with E-state index in [4.69, 9.17) is 15.0 Å². The molecule has 3 N–H and O–H groups in total. The van der Waals surface area contributed by atoms with Crippen LogP contribution < -0.4 is 5.14 Å². The van der Waals surface area contributed by atoms with E-state index in [1.807, 2.05) is 0 Å². The number of ether oxygens (including phenoxy) is 1. The Bertz CT molecular complexity index is 224. The lowest BCUT2D eigenvalue weighted by atomic mass is 10.4. The van der Waals surface area contributed by atoms with Gasteiger partial charge in [-0.1, -0.05) is 0 Å². The fourth-order valence-electron chi connectivity index (χ4n) is 0.552. The second kappa shape index (κ2) is 4.18. The third kappa shape index (κ3) is 4.01. The van der Waals surface area contributed by atoms with Crippen molar-refractivity contribution in [1.29, 1.82) is 0 Å². The van der Waals surface area contributed by atoms with Gasteiger partial charge in [0.2, 0.25) is 10.0 Å². The first kappa shape index (κ1) is 11.8. The molecule has 0 aliphatic carbocycles. The summed E-state index contributed by atoms with van der Waals surface area (Å²) in [5.74, 6) is 0. The maximum absolute atomic E-state index is 10.7.